The summed E-state index contributed by atoms with van der Waals surface area (Å²) in [5, 5.41) is 11.9. The molecule has 24 heavy (non-hydrogen) atoms. The van der Waals surface area contributed by atoms with Crippen molar-refractivity contribution in [1.29, 1.82) is 5.26 Å². The molecule has 0 radical (unpaired) electrons. The summed E-state index contributed by atoms with van der Waals surface area (Å²) < 4.78 is 4.99. The lowest BCUT2D eigenvalue weighted by molar-refractivity contribution is -0.146. The summed E-state index contributed by atoms with van der Waals surface area (Å²) in [4.78, 5) is 24.6. The highest BCUT2D eigenvalue weighted by Crippen LogP contribution is 2.39. The highest BCUT2D eigenvalue weighted by molar-refractivity contribution is 8.00. The van der Waals surface area contributed by atoms with E-state index < -0.39 is 17.4 Å². The van der Waals surface area contributed by atoms with Gasteiger partial charge in [0.1, 0.15) is 5.54 Å². The second kappa shape index (κ2) is 7.71. The molecule has 1 aromatic rings. The monoisotopic (exact) mass is 346 g/mol. The number of hydrogen-bond donors (Lipinski definition) is 1. The summed E-state index contributed by atoms with van der Waals surface area (Å²) in [5.41, 5.74) is 1.51. The molecule has 1 aromatic carbocycles. The van der Waals surface area contributed by atoms with Crippen LogP contribution in [-0.2, 0) is 14.3 Å². The standard InChI is InChI=1S/C18H22N2O3S/c1-12-4-7-15(8-13(12)2)24-10-17(22)23-9-16(21)20-18(3,11-19)14-5-6-14/h4,7-8,14H,5-6,9-10H2,1-3H3,(H,20,21)/t18-/m0/s1. The third-order valence-corrected chi connectivity index (χ3v) is 5.19. The van der Waals surface area contributed by atoms with E-state index in [4.69, 9.17) is 4.74 Å². The summed E-state index contributed by atoms with van der Waals surface area (Å²) in [6.07, 6.45) is 1.88. The Bertz CT molecular complexity index is 679. The van der Waals surface area contributed by atoms with Crippen LogP contribution in [0.2, 0.25) is 0 Å². The predicted octanol–water partition coefficient (Wildman–Crippen LogP) is 2.75. The maximum absolute atomic E-state index is 11.9. The predicted molar refractivity (Wildman–Crippen MR) is 92.5 cm³/mol. The maximum atomic E-state index is 11.9. The lowest BCUT2D eigenvalue weighted by Crippen LogP contribution is -2.48. The van der Waals surface area contributed by atoms with Crippen LogP contribution in [0.15, 0.2) is 23.1 Å². The smallest absolute Gasteiger partial charge is 0.316 e. The summed E-state index contributed by atoms with van der Waals surface area (Å²) >= 11 is 1.38. The van der Waals surface area contributed by atoms with E-state index in [0.717, 1.165) is 17.7 Å². The molecule has 2 rings (SSSR count). The SMILES string of the molecule is Cc1ccc(SCC(=O)OCC(=O)N[C@@](C)(C#N)C2CC2)cc1C. The second-order valence-corrected chi connectivity index (χ2v) is 7.38. The Hall–Kier alpha value is -2.00. The van der Waals surface area contributed by atoms with E-state index in [1.54, 1.807) is 6.92 Å². The van der Waals surface area contributed by atoms with E-state index in [1.807, 2.05) is 32.0 Å². The molecular formula is C18H22N2O3S. The van der Waals surface area contributed by atoms with E-state index in [1.165, 1.54) is 22.9 Å². The van der Waals surface area contributed by atoms with Crippen LogP contribution in [0, 0.1) is 31.1 Å². The Kier molecular flexibility index (Phi) is 5.89. The lowest BCUT2D eigenvalue weighted by atomic mass is 9.98. The third-order valence-electron chi connectivity index (χ3n) is 4.22. The molecule has 1 fully saturated rings. The molecule has 0 aliphatic heterocycles. The second-order valence-electron chi connectivity index (χ2n) is 6.33. The Morgan fingerprint density at radius 3 is 2.67 bits per heavy atom. The minimum atomic E-state index is -0.863. The van der Waals surface area contributed by atoms with Crippen molar-refractivity contribution in [2.24, 2.45) is 5.92 Å². The normalized spacial score (nSPS) is 15.9. The van der Waals surface area contributed by atoms with Gasteiger partial charge in [0.25, 0.3) is 5.91 Å². The Labute approximate surface area is 146 Å². The average Bonchev–Trinajstić information content (AvgIpc) is 3.39. The Morgan fingerprint density at radius 2 is 2.08 bits per heavy atom. The van der Waals surface area contributed by atoms with Crippen molar-refractivity contribution in [1.82, 2.24) is 5.32 Å². The Balaban J connectivity index is 1.73. The van der Waals surface area contributed by atoms with Gasteiger partial charge >= 0.3 is 5.97 Å². The van der Waals surface area contributed by atoms with Gasteiger partial charge in [-0.05, 0) is 62.8 Å². The van der Waals surface area contributed by atoms with Gasteiger partial charge in [-0.2, -0.15) is 5.26 Å². The van der Waals surface area contributed by atoms with Crippen molar-refractivity contribution in [2.75, 3.05) is 12.4 Å². The summed E-state index contributed by atoms with van der Waals surface area (Å²) in [7, 11) is 0. The first-order valence-electron chi connectivity index (χ1n) is 7.92. The number of benzene rings is 1. The van der Waals surface area contributed by atoms with Crippen LogP contribution in [0.25, 0.3) is 0 Å². The molecule has 0 unspecified atom stereocenters. The van der Waals surface area contributed by atoms with Gasteiger partial charge in [0.05, 0.1) is 11.8 Å². The number of rotatable bonds is 7. The number of amides is 1. The van der Waals surface area contributed by atoms with Crippen LogP contribution in [0.3, 0.4) is 0 Å². The molecule has 0 heterocycles. The largest absolute Gasteiger partial charge is 0.455 e. The number of nitrogens with zero attached hydrogens (tertiary/aromatic N) is 1. The molecule has 128 valence electrons. The van der Waals surface area contributed by atoms with Gasteiger partial charge in [-0.1, -0.05) is 6.07 Å². The van der Waals surface area contributed by atoms with Gasteiger partial charge in [-0.25, -0.2) is 0 Å². The molecule has 6 heteroatoms. The van der Waals surface area contributed by atoms with E-state index in [9.17, 15) is 14.9 Å². The van der Waals surface area contributed by atoms with Crippen molar-refractivity contribution < 1.29 is 14.3 Å². The summed E-state index contributed by atoms with van der Waals surface area (Å²) in [6, 6.07) is 8.13. The van der Waals surface area contributed by atoms with Crippen LogP contribution in [0.5, 0.6) is 0 Å². The topological polar surface area (TPSA) is 79.2 Å². The van der Waals surface area contributed by atoms with Gasteiger partial charge < -0.3 is 10.1 Å². The maximum Gasteiger partial charge on any atom is 0.316 e. The van der Waals surface area contributed by atoms with Crippen molar-refractivity contribution in [3.8, 4) is 6.07 Å². The van der Waals surface area contributed by atoms with Gasteiger partial charge in [-0.3, -0.25) is 9.59 Å². The number of nitrogens with one attached hydrogen (secondary N) is 1. The Morgan fingerprint density at radius 1 is 1.38 bits per heavy atom. The molecule has 0 bridgehead atoms. The number of thioether (sulfide) groups is 1. The van der Waals surface area contributed by atoms with Gasteiger partial charge in [-0.15, -0.1) is 11.8 Å². The quantitative estimate of drug-likeness (QED) is 0.607. The number of carbonyl (C=O) groups is 2. The van der Waals surface area contributed by atoms with Crippen LogP contribution in [-0.4, -0.2) is 29.8 Å². The first kappa shape index (κ1) is 18.3. The fraction of sp³-hybridized carbons (Fsp3) is 0.500. The van der Waals surface area contributed by atoms with Crippen molar-refractivity contribution in [3.63, 3.8) is 0 Å². The molecule has 1 N–H and O–H groups in total. The zero-order valence-corrected chi connectivity index (χ0v) is 15.0. The number of ether oxygens (including phenoxy) is 1. The molecule has 1 saturated carbocycles. The highest BCUT2D eigenvalue weighted by atomic mass is 32.2. The number of nitriles is 1. The van der Waals surface area contributed by atoms with Crippen molar-refractivity contribution >= 4 is 23.6 Å². The van der Waals surface area contributed by atoms with Gasteiger partial charge in [0.15, 0.2) is 6.61 Å². The molecular weight excluding hydrogens is 324 g/mol. The highest BCUT2D eigenvalue weighted by Gasteiger charge is 2.43. The van der Waals surface area contributed by atoms with Crippen LogP contribution in [0.4, 0.5) is 0 Å². The zero-order valence-electron chi connectivity index (χ0n) is 14.2. The van der Waals surface area contributed by atoms with E-state index in [-0.39, 0.29) is 18.3 Å². The number of esters is 1. The van der Waals surface area contributed by atoms with Gasteiger partial charge in [0.2, 0.25) is 0 Å². The fourth-order valence-corrected chi connectivity index (χ4v) is 3.13. The molecule has 5 nitrogen and oxygen atoms in total. The van der Waals surface area contributed by atoms with Crippen LogP contribution < -0.4 is 5.32 Å². The number of hydrogen-bond acceptors (Lipinski definition) is 5. The van der Waals surface area contributed by atoms with Crippen LogP contribution >= 0.6 is 11.8 Å². The number of carbonyl (C=O) groups excluding carboxylic acids is 2. The molecule has 0 aromatic heterocycles. The van der Waals surface area contributed by atoms with E-state index >= 15 is 0 Å². The molecule has 1 aliphatic carbocycles. The number of aryl methyl sites for hydroxylation is 2. The molecule has 1 amide bonds. The zero-order chi connectivity index (χ0) is 17.7. The van der Waals surface area contributed by atoms with Crippen LogP contribution in [0.1, 0.15) is 30.9 Å². The third kappa shape index (κ3) is 5.00. The molecule has 1 aliphatic rings. The lowest BCUT2D eigenvalue weighted by Gasteiger charge is -2.22. The van der Waals surface area contributed by atoms with Crippen molar-refractivity contribution in [3.05, 3.63) is 29.3 Å². The fourth-order valence-electron chi connectivity index (χ4n) is 2.34. The summed E-state index contributed by atoms with van der Waals surface area (Å²) in [6.45, 7) is 5.41. The molecule has 1 atom stereocenters. The molecule has 0 spiro atoms. The summed E-state index contributed by atoms with van der Waals surface area (Å²) in [5.74, 6) is -0.537. The van der Waals surface area contributed by atoms with Gasteiger partial charge in [0, 0.05) is 4.90 Å². The van der Waals surface area contributed by atoms with Crippen molar-refractivity contribution in [2.45, 2.75) is 44.0 Å². The minimum Gasteiger partial charge on any atom is -0.455 e. The molecule has 0 saturated heterocycles. The van der Waals surface area contributed by atoms with E-state index in [0.29, 0.717) is 0 Å². The first-order valence-corrected chi connectivity index (χ1v) is 8.90. The minimum absolute atomic E-state index is 0.147. The average molecular weight is 346 g/mol. The first-order chi connectivity index (χ1) is 11.3. The van der Waals surface area contributed by atoms with E-state index in [2.05, 4.69) is 11.4 Å².